The van der Waals surface area contributed by atoms with Crippen molar-refractivity contribution >= 4 is 23.1 Å². The number of piperidine rings is 1. The van der Waals surface area contributed by atoms with Gasteiger partial charge in [0.1, 0.15) is 36.2 Å². The fourth-order valence-corrected chi connectivity index (χ4v) is 6.01. The predicted octanol–water partition coefficient (Wildman–Crippen LogP) is 4.17. The summed E-state index contributed by atoms with van der Waals surface area (Å²) in [5, 5.41) is 4.80. The Morgan fingerprint density at radius 2 is 1.96 bits per heavy atom. The van der Waals surface area contributed by atoms with Crippen LogP contribution in [0.2, 0.25) is 0 Å². The highest BCUT2D eigenvalue weighted by molar-refractivity contribution is 7.13. The van der Waals surface area contributed by atoms with Crippen LogP contribution in [0.4, 0.5) is 14.9 Å². The molecule has 3 aliphatic heterocycles. The molecule has 3 aliphatic rings. The lowest BCUT2D eigenvalue weighted by Gasteiger charge is -2.45. The van der Waals surface area contributed by atoms with Gasteiger partial charge in [-0.3, -0.25) is 5.32 Å². The second-order valence-corrected chi connectivity index (χ2v) is 9.49. The zero-order chi connectivity index (χ0) is 19.6. The molecule has 4 heterocycles. The van der Waals surface area contributed by atoms with Gasteiger partial charge in [0.05, 0.1) is 19.8 Å². The van der Waals surface area contributed by atoms with Crippen LogP contribution in [0.25, 0.3) is 10.4 Å². The van der Waals surface area contributed by atoms with E-state index in [1.807, 2.05) is 18.4 Å². The Balaban J connectivity index is 1.30. The van der Waals surface area contributed by atoms with E-state index >= 15 is 0 Å². The van der Waals surface area contributed by atoms with Gasteiger partial charge in [0.2, 0.25) is 0 Å². The first kappa shape index (κ1) is 18.1. The summed E-state index contributed by atoms with van der Waals surface area (Å²) in [6.07, 6.45) is 1.69. The molecule has 7 heteroatoms. The number of hydrogen-bond donors (Lipinski definition) is 1. The number of quaternary nitrogens is 1. The van der Waals surface area contributed by atoms with Crippen molar-refractivity contribution in [2.24, 2.45) is 0 Å². The van der Waals surface area contributed by atoms with E-state index in [4.69, 9.17) is 9.47 Å². The van der Waals surface area contributed by atoms with Crippen molar-refractivity contribution in [1.82, 2.24) is 0 Å². The number of halogens is 1. The number of fused-ring (bicyclic) bond motifs is 5. The van der Waals surface area contributed by atoms with E-state index in [-0.39, 0.29) is 11.9 Å². The molecule has 1 unspecified atom stereocenters. The number of epoxide rings is 1. The first-order valence-corrected chi connectivity index (χ1v) is 10.5. The summed E-state index contributed by atoms with van der Waals surface area (Å²) in [7, 11) is 4.49. The molecule has 5 nitrogen and oxygen atoms in total. The lowest BCUT2D eigenvalue weighted by Crippen LogP contribution is -2.60. The first-order valence-electron chi connectivity index (χ1n) is 9.65. The third-order valence-corrected chi connectivity index (χ3v) is 7.69. The molecular formula is C21H24FN2O3S+. The Hall–Kier alpha value is -1.96. The summed E-state index contributed by atoms with van der Waals surface area (Å²) in [6, 6.07) is 7.17. The molecule has 5 rings (SSSR count). The fraction of sp³-hybridized carbons (Fsp3) is 0.476. The first-order chi connectivity index (χ1) is 13.3. The summed E-state index contributed by atoms with van der Waals surface area (Å²) in [5.74, 6) is -0.329. The number of anilines is 1. The Morgan fingerprint density at radius 1 is 1.25 bits per heavy atom. The topological polar surface area (TPSA) is 50.9 Å². The molecule has 3 fully saturated rings. The zero-order valence-corrected chi connectivity index (χ0v) is 17.0. The van der Waals surface area contributed by atoms with Crippen LogP contribution in [0.3, 0.4) is 0 Å². The van der Waals surface area contributed by atoms with Gasteiger partial charge in [-0.25, -0.2) is 9.18 Å². The van der Waals surface area contributed by atoms with E-state index in [1.54, 1.807) is 6.07 Å². The van der Waals surface area contributed by atoms with Gasteiger partial charge in [-0.1, -0.05) is 0 Å². The van der Waals surface area contributed by atoms with Crippen LogP contribution in [0.1, 0.15) is 18.4 Å². The van der Waals surface area contributed by atoms with Gasteiger partial charge in [-0.2, -0.15) is 0 Å². The van der Waals surface area contributed by atoms with Crippen LogP contribution in [0.15, 0.2) is 29.6 Å². The number of thiophene rings is 1. The number of carbonyl (C=O) groups is 1. The number of carbonyl (C=O) groups excluding carboxylic acids is 1. The van der Waals surface area contributed by atoms with Crippen LogP contribution in [0.5, 0.6) is 0 Å². The Kier molecular flexibility index (Phi) is 4.05. The number of benzene rings is 1. The van der Waals surface area contributed by atoms with Crippen molar-refractivity contribution in [3.8, 4) is 10.4 Å². The second kappa shape index (κ2) is 6.27. The maximum absolute atomic E-state index is 13.8. The second-order valence-electron chi connectivity index (χ2n) is 8.58. The average molecular weight is 403 g/mol. The number of amides is 1. The molecule has 5 atom stereocenters. The molecule has 0 spiro atoms. The summed E-state index contributed by atoms with van der Waals surface area (Å²) in [6.45, 7) is 1.98. The SMILES string of the molecule is Cc1ccsc1-c1cc(F)ccc1NC(=O)OC1C[C@@H]2[C@@H]3O[C@@H]3[C@H](C1)[N+]2(C)C. The van der Waals surface area contributed by atoms with E-state index < -0.39 is 6.09 Å². The summed E-state index contributed by atoms with van der Waals surface area (Å²) in [4.78, 5) is 13.5. The molecular weight excluding hydrogens is 379 g/mol. The molecule has 3 saturated heterocycles. The number of likely N-dealkylation sites (N-methyl/N-ethyl adjacent to an activating group) is 1. The van der Waals surface area contributed by atoms with Gasteiger partial charge in [-0.05, 0) is 42.1 Å². The fourth-order valence-electron chi connectivity index (χ4n) is 5.05. The minimum Gasteiger partial charge on any atom is -0.445 e. The molecule has 1 aromatic carbocycles. The van der Waals surface area contributed by atoms with E-state index in [1.165, 1.54) is 23.5 Å². The minimum absolute atomic E-state index is 0.107. The molecule has 1 N–H and O–H groups in total. The van der Waals surface area contributed by atoms with Crippen molar-refractivity contribution in [3.63, 3.8) is 0 Å². The monoisotopic (exact) mass is 403 g/mol. The third kappa shape index (κ3) is 2.84. The van der Waals surface area contributed by atoms with E-state index in [0.717, 1.165) is 27.8 Å². The molecule has 2 aromatic rings. The van der Waals surface area contributed by atoms with Crippen LogP contribution < -0.4 is 5.32 Å². The third-order valence-electron chi connectivity index (χ3n) is 6.64. The number of nitrogens with one attached hydrogen (secondary N) is 1. The molecule has 148 valence electrons. The Labute approximate surface area is 167 Å². The van der Waals surface area contributed by atoms with Crippen LogP contribution in [-0.4, -0.2) is 55.1 Å². The number of aryl methyl sites for hydroxylation is 1. The molecule has 1 aromatic heterocycles. The van der Waals surface area contributed by atoms with Gasteiger partial charge in [0, 0.05) is 23.3 Å². The van der Waals surface area contributed by atoms with Crippen molar-refractivity contribution in [3.05, 3.63) is 41.0 Å². The average Bonchev–Trinajstić information content (AvgIpc) is 3.27. The van der Waals surface area contributed by atoms with E-state index in [0.29, 0.717) is 35.5 Å². The lowest BCUT2D eigenvalue weighted by atomic mass is 9.96. The van der Waals surface area contributed by atoms with Crippen molar-refractivity contribution < 1.29 is 23.1 Å². The normalized spacial score (nSPS) is 31.9. The van der Waals surface area contributed by atoms with Crippen LogP contribution >= 0.6 is 11.3 Å². The van der Waals surface area contributed by atoms with Gasteiger partial charge >= 0.3 is 6.09 Å². The number of rotatable bonds is 3. The van der Waals surface area contributed by atoms with E-state index in [2.05, 4.69) is 19.4 Å². The Bertz CT molecular complexity index is 923. The Morgan fingerprint density at radius 3 is 2.61 bits per heavy atom. The summed E-state index contributed by atoms with van der Waals surface area (Å²) in [5.41, 5.74) is 2.30. The van der Waals surface area contributed by atoms with E-state index in [9.17, 15) is 9.18 Å². The van der Waals surface area contributed by atoms with Crippen LogP contribution in [0, 0.1) is 12.7 Å². The number of hydrogen-bond acceptors (Lipinski definition) is 4. The maximum Gasteiger partial charge on any atom is 0.411 e. The number of ether oxygens (including phenoxy) is 2. The van der Waals surface area contributed by atoms with Crippen molar-refractivity contribution in [1.29, 1.82) is 0 Å². The van der Waals surface area contributed by atoms with Crippen LogP contribution in [-0.2, 0) is 9.47 Å². The largest absolute Gasteiger partial charge is 0.445 e. The van der Waals surface area contributed by atoms with Gasteiger partial charge in [0.15, 0.2) is 0 Å². The highest BCUT2D eigenvalue weighted by atomic mass is 32.1. The standard InChI is InChI=1S/C21H23FN2O3S/c1-11-6-7-28-20(11)14-8-12(22)4-5-15(14)23-21(25)26-13-9-16-18-19(27-18)17(10-13)24(16,2)3/h4-8,13,16-19H,9-10H2,1-3H3/p+1/t13?,16-,17+,18+,19-. The summed E-state index contributed by atoms with van der Waals surface area (Å²) >= 11 is 1.53. The molecule has 2 bridgehead atoms. The van der Waals surface area contributed by atoms with Gasteiger partial charge < -0.3 is 14.0 Å². The molecule has 0 aliphatic carbocycles. The molecule has 0 saturated carbocycles. The molecule has 28 heavy (non-hydrogen) atoms. The molecule has 0 radical (unpaired) electrons. The molecule has 1 amide bonds. The highest BCUT2D eigenvalue weighted by Gasteiger charge is 2.70. The summed E-state index contributed by atoms with van der Waals surface area (Å²) < 4.78 is 26.3. The highest BCUT2D eigenvalue weighted by Crippen LogP contribution is 2.51. The van der Waals surface area contributed by atoms with Gasteiger partial charge in [-0.15, -0.1) is 11.3 Å². The number of nitrogens with zero attached hydrogens (tertiary/aromatic N) is 1. The smallest absolute Gasteiger partial charge is 0.411 e. The maximum atomic E-state index is 13.8. The quantitative estimate of drug-likeness (QED) is 0.618. The predicted molar refractivity (Wildman–Crippen MR) is 106 cm³/mol. The lowest BCUT2D eigenvalue weighted by molar-refractivity contribution is -0.938. The van der Waals surface area contributed by atoms with Crippen molar-refractivity contribution in [2.45, 2.75) is 50.2 Å². The minimum atomic E-state index is -0.478. The number of morpholine rings is 1. The zero-order valence-electron chi connectivity index (χ0n) is 16.1. The van der Waals surface area contributed by atoms with Crippen molar-refractivity contribution in [2.75, 3.05) is 19.4 Å². The van der Waals surface area contributed by atoms with Gasteiger partial charge in [0.25, 0.3) is 0 Å².